The Morgan fingerprint density at radius 1 is 0.426 bits per heavy atom. The van der Waals surface area contributed by atoms with Gasteiger partial charge in [0.1, 0.15) is 11.2 Å². The fraction of sp³-hybridized carbons (Fsp3) is 0. The van der Waals surface area contributed by atoms with Crippen molar-refractivity contribution in [2.45, 2.75) is 19.6 Å². The molecule has 13 rings (SSSR count). The van der Waals surface area contributed by atoms with Crippen LogP contribution in [0.3, 0.4) is 0 Å². The first-order valence-electron chi connectivity index (χ1n) is 18.4. The number of rotatable bonds is 2. The van der Waals surface area contributed by atoms with E-state index in [0.717, 1.165) is 33.0 Å². The van der Waals surface area contributed by atoms with Crippen LogP contribution < -0.4 is 16.4 Å². The van der Waals surface area contributed by atoms with E-state index >= 15 is 0 Å². The van der Waals surface area contributed by atoms with Gasteiger partial charge in [0.25, 0.3) is 0 Å². The van der Waals surface area contributed by atoms with Crippen LogP contribution >= 0.6 is 23.5 Å². The number of hydrogen-bond acceptors (Lipinski definition) is 3. The van der Waals surface area contributed by atoms with E-state index < -0.39 is 0 Å². The molecule has 5 heterocycles. The zero-order valence-corrected chi connectivity index (χ0v) is 30.4. The zero-order valence-electron chi connectivity index (χ0n) is 28.8. The summed E-state index contributed by atoms with van der Waals surface area (Å²) in [5, 5.41) is 7.09. The maximum Gasteiger partial charge on any atom is 0.247 e. The molecule has 3 aromatic heterocycles. The summed E-state index contributed by atoms with van der Waals surface area (Å²) in [4.78, 5) is 5.32. The Labute approximate surface area is 318 Å². The average Bonchev–Trinajstić information content (AvgIpc) is 3.89. The predicted octanol–water partition coefficient (Wildman–Crippen LogP) is 11.2. The summed E-state index contributed by atoms with van der Waals surface area (Å²) in [5.74, 6) is 0. The first kappa shape index (κ1) is 29.4. The highest BCUT2D eigenvalue weighted by Gasteiger charge is 2.38. The van der Waals surface area contributed by atoms with Crippen LogP contribution in [-0.2, 0) is 0 Å². The maximum atomic E-state index is 7.02. The number of aromatic nitrogens is 2. The van der Waals surface area contributed by atoms with Crippen LogP contribution in [0.5, 0.6) is 0 Å². The highest BCUT2D eigenvalue weighted by Crippen LogP contribution is 2.50. The standard InChI is InChI=1S/C48H27BN2OS2/c1-2-14-28(15-3-1)50-36-22-10-5-17-31(36)43-46(50)42-30-16-4-9-21-35(30)51(47(42)44-32-18-6-11-23-37(32)52-48(43)44)29-26-40-45-41(27-29)54-39-25-13-8-20-34(39)49(45)33-19-7-12-24-38(33)53-40/h1-27H. The molecule has 0 radical (unpaired) electrons. The summed E-state index contributed by atoms with van der Waals surface area (Å²) in [7, 11) is 0. The molecule has 2 aliphatic rings. The lowest BCUT2D eigenvalue weighted by Gasteiger charge is -2.33. The van der Waals surface area contributed by atoms with Gasteiger partial charge in [0.2, 0.25) is 6.71 Å². The molecule has 0 spiro atoms. The number of hydrogen-bond donors (Lipinski definition) is 0. The van der Waals surface area contributed by atoms with Gasteiger partial charge in [-0.05, 0) is 60.1 Å². The Morgan fingerprint density at radius 2 is 0.926 bits per heavy atom. The van der Waals surface area contributed by atoms with Crippen LogP contribution in [0.1, 0.15) is 0 Å². The molecule has 250 valence electrons. The number of fused-ring (bicyclic) bond motifs is 16. The second-order valence-corrected chi connectivity index (χ2v) is 16.5. The summed E-state index contributed by atoms with van der Waals surface area (Å²) in [6.07, 6.45) is 0. The molecule has 6 heteroatoms. The Balaban J connectivity index is 1.24. The average molecular weight is 723 g/mol. The van der Waals surface area contributed by atoms with E-state index in [-0.39, 0.29) is 6.71 Å². The van der Waals surface area contributed by atoms with Crippen LogP contribution in [0.4, 0.5) is 0 Å². The quantitative estimate of drug-likeness (QED) is 0.166. The van der Waals surface area contributed by atoms with Gasteiger partial charge >= 0.3 is 0 Å². The Bertz CT molecular complexity index is 3340. The third-order valence-electron chi connectivity index (χ3n) is 11.6. The van der Waals surface area contributed by atoms with Gasteiger partial charge in [0.15, 0.2) is 0 Å². The highest BCUT2D eigenvalue weighted by molar-refractivity contribution is 8.01. The molecule has 3 nitrogen and oxygen atoms in total. The molecule has 0 unspecified atom stereocenters. The molecule has 0 N–H and O–H groups in total. The molecule has 2 aliphatic heterocycles. The van der Waals surface area contributed by atoms with E-state index in [1.54, 1.807) is 0 Å². The second kappa shape index (κ2) is 10.8. The molecule has 0 atom stereocenters. The van der Waals surface area contributed by atoms with E-state index in [1.165, 1.54) is 79.9 Å². The number of furan rings is 1. The van der Waals surface area contributed by atoms with E-state index in [9.17, 15) is 0 Å². The number of para-hydroxylation sites is 4. The van der Waals surface area contributed by atoms with Crippen LogP contribution in [0, 0.1) is 0 Å². The lowest BCUT2D eigenvalue weighted by atomic mass is 9.36. The summed E-state index contributed by atoms with van der Waals surface area (Å²) >= 11 is 3.82. The Kier molecular flexibility index (Phi) is 5.85. The van der Waals surface area contributed by atoms with Gasteiger partial charge in [-0.15, -0.1) is 0 Å². The van der Waals surface area contributed by atoms with Crippen molar-refractivity contribution in [1.82, 2.24) is 9.13 Å². The molecule has 0 aliphatic carbocycles. The molecular formula is C48H27BN2OS2. The lowest BCUT2D eigenvalue weighted by molar-refractivity contribution is 0.673. The van der Waals surface area contributed by atoms with Crippen molar-refractivity contribution in [3.05, 3.63) is 164 Å². The van der Waals surface area contributed by atoms with E-state index in [2.05, 4.69) is 173 Å². The van der Waals surface area contributed by atoms with Crippen LogP contribution in [0.15, 0.2) is 188 Å². The van der Waals surface area contributed by atoms with Crippen molar-refractivity contribution in [3.8, 4) is 11.4 Å². The van der Waals surface area contributed by atoms with Crippen molar-refractivity contribution < 1.29 is 4.42 Å². The smallest absolute Gasteiger partial charge is 0.247 e. The minimum Gasteiger partial charge on any atom is -0.455 e. The largest absolute Gasteiger partial charge is 0.455 e. The van der Waals surface area contributed by atoms with Crippen LogP contribution in [0.2, 0.25) is 0 Å². The molecule has 0 bridgehead atoms. The van der Waals surface area contributed by atoms with Gasteiger partial charge in [-0.2, -0.15) is 0 Å². The fourth-order valence-corrected chi connectivity index (χ4v) is 12.0. The van der Waals surface area contributed by atoms with Gasteiger partial charge < -0.3 is 13.6 Å². The fourth-order valence-electron chi connectivity index (χ4n) is 9.50. The third kappa shape index (κ3) is 3.76. The molecule has 0 saturated heterocycles. The van der Waals surface area contributed by atoms with Gasteiger partial charge in [-0.3, -0.25) is 0 Å². The SMILES string of the molecule is c1ccc(-n2c3ccccc3c3c4oc5ccccc5c4c4c(c5ccccc5n4-c4cc5c6c(c4)Sc4ccccc4B6c4ccccc4S5)c32)cc1. The maximum absolute atomic E-state index is 7.02. The van der Waals surface area contributed by atoms with Gasteiger partial charge in [-0.1, -0.05) is 144 Å². The van der Waals surface area contributed by atoms with Gasteiger partial charge in [0.05, 0.1) is 32.8 Å². The molecule has 54 heavy (non-hydrogen) atoms. The number of benzene rings is 8. The second-order valence-electron chi connectivity index (χ2n) is 14.4. The molecule has 0 amide bonds. The summed E-state index contributed by atoms with van der Waals surface area (Å²) < 4.78 is 12.0. The van der Waals surface area contributed by atoms with Crippen molar-refractivity contribution >= 4 is 112 Å². The van der Waals surface area contributed by atoms with Crippen molar-refractivity contribution in [2.75, 3.05) is 0 Å². The summed E-state index contributed by atoms with van der Waals surface area (Å²) in [6.45, 7) is 0.211. The highest BCUT2D eigenvalue weighted by atomic mass is 32.2. The van der Waals surface area contributed by atoms with Crippen molar-refractivity contribution in [2.24, 2.45) is 0 Å². The first-order chi connectivity index (χ1) is 26.8. The lowest BCUT2D eigenvalue weighted by Crippen LogP contribution is -2.58. The summed E-state index contributed by atoms with van der Waals surface area (Å²) in [6, 6.07) is 60.0. The zero-order chi connectivity index (χ0) is 35.1. The minimum absolute atomic E-state index is 0.211. The Morgan fingerprint density at radius 3 is 1.59 bits per heavy atom. The third-order valence-corrected chi connectivity index (χ3v) is 13.9. The molecule has 0 fully saturated rings. The van der Waals surface area contributed by atoms with E-state index in [0.29, 0.717) is 0 Å². The molecule has 0 saturated carbocycles. The number of nitrogens with zero attached hydrogens (tertiary/aromatic N) is 2. The monoisotopic (exact) mass is 722 g/mol. The summed E-state index contributed by atoms with van der Waals surface area (Å²) in [5.41, 5.74) is 13.1. The van der Waals surface area contributed by atoms with Crippen LogP contribution in [-0.4, -0.2) is 15.8 Å². The first-order valence-corrected chi connectivity index (χ1v) is 20.0. The van der Waals surface area contributed by atoms with Crippen molar-refractivity contribution in [1.29, 1.82) is 0 Å². The van der Waals surface area contributed by atoms with Crippen LogP contribution in [0.25, 0.3) is 76.9 Å². The van der Waals surface area contributed by atoms with Gasteiger partial charge in [-0.25, -0.2) is 0 Å². The molecular weight excluding hydrogens is 695 g/mol. The topological polar surface area (TPSA) is 23.0 Å². The van der Waals surface area contributed by atoms with Crippen molar-refractivity contribution in [3.63, 3.8) is 0 Å². The predicted molar refractivity (Wildman–Crippen MR) is 228 cm³/mol. The van der Waals surface area contributed by atoms with Gasteiger partial charge in [0, 0.05) is 52.5 Å². The Hall–Kier alpha value is -6.08. The normalized spacial score (nSPS) is 13.4. The molecule has 8 aromatic carbocycles. The minimum atomic E-state index is 0.211. The van der Waals surface area contributed by atoms with E-state index in [1.807, 2.05) is 23.5 Å². The van der Waals surface area contributed by atoms with E-state index in [4.69, 9.17) is 4.42 Å². The molecule has 11 aromatic rings.